The van der Waals surface area contributed by atoms with Crippen LogP contribution in [0.25, 0.3) is 0 Å². The first-order chi connectivity index (χ1) is 6.07. The zero-order valence-corrected chi connectivity index (χ0v) is 7.57. The van der Waals surface area contributed by atoms with Gasteiger partial charge >= 0.3 is 5.97 Å². The number of hydrogen-bond acceptors (Lipinski definition) is 4. The molecule has 0 aromatic heterocycles. The van der Waals surface area contributed by atoms with Crippen LogP contribution in [-0.2, 0) is 19.1 Å². The standard InChI is InChI=1S/C8H11NO4/c1-9-4-3-5(10)6(7(9)11)8(12)13-2/h6H,3-4H2,1-2H3. The Morgan fingerprint density at radius 3 is 2.69 bits per heavy atom. The lowest BCUT2D eigenvalue weighted by Crippen LogP contribution is -2.47. The molecule has 0 aromatic rings. The number of carbonyl (C=O) groups excluding carboxylic acids is 3. The molecule has 0 spiro atoms. The van der Waals surface area contributed by atoms with Gasteiger partial charge in [-0.1, -0.05) is 0 Å². The van der Waals surface area contributed by atoms with E-state index < -0.39 is 17.8 Å². The molecule has 72 valence electrons. The molecular weight excluding hydrogens is 174 g/mol. The highest BCUT2D eigenvalue weighted by molar-refractivity contribution is 6.17. The molecule has 1 saturated heterocycles. The Labute approximate surface area is 75.6 Å². The number of ketones is 1. The summed E-state index contributed by atoms with van der Waals surface area (Å²) in [6.07, 6.45) is 0.224. The summed E-state index contributed by atoms with van der Waals surface area (Å²) >= 11 is 0. The molecule has 0 radical (unpaired) electrons. The van der Waals surface area contributed by atoms with Crippen LogP contribution in [0.3, 0.4) is 0 Å². The number of Topliss-reactive ketones (excluding diaryl/α,β-unsaturated/α-hetero) is 1. The molecule has 5 heteroatoms. The minimum absolute atomic E-state index is 0.224. The normalized spacial score (nSPS) is 23.2. The molecule has 5 nitrogen and oxygen atoms in total. The third-order valence-corrected chi connectivity index (χ3v) is 2.08. The first-order valence-electron chi connectivity index (χ1n) is 3.93. The van der Waals surface area contributed by atoms with E-state index in [0.717, 1.165) is 7.11 Å². The molecule has 1 atom stereocenters. The largest absolute Gasteiger partial charge is 0.468 e. The topological polar surface area (TPSA) is 63.7 Å². The lowest BCUT2D eigenvalue weighted by atomic mass is 9.96. The monoisotopic (exact) mass is 185 g/mol. The quantitative estimate of drug-likeness (QED) is 0.396. The van der Waals surface area contributed by atoms with Crippen LogP contribution in [0.5, 0.6) is 0 Å². The van der Waals surface area contributed by atoms with Gasteiger partial charge < -0.3 is 9.64 Å². The first kappa shape index (κ1) is 9.70. The maximum atomic E-state index is 11.3. The predicted molar refractivity (Wildman–Crippen MR) is 42.8 cm³/mol. The van der Waals surface area contributed by atoms with Gasteiger partial charge in [-0.3, -0.25) is 14.4 Å². The average molecular weight is 185 g/mol. The summed E-state index contributed by atoms with van der Waals surface area (Å²) in [4.78, 5) is 34.9. The molecule has 0 saturated carbocycles. The number of amides is 1. The summed E-state index contributed by atoms with van der Waals surface area (Å²) in [5.41, 5.74) is 0. The lowest BCUT2D eigenvalue weighted by Gasteiger charge is -2.26. The van der Waals surface area contributed by atoms with E-state index in [1.165, 1.54) is 4.90 Å². The predicted octanol–water partition coefficient (Wildman–Crippen LogP) is -0.793. The van der Waals surface area contributed by atoms with Crippen molar-refractivity contribution in [1.29, 1.82) is 0 Å². The Morgan fingerprint density at radius 1 is 1.54 bits per heavy atom. The van der Waals surface area contributed by atoms with E-state index in [1.807, 2.05) is 0 Å². The second-order valence-corrected chi connectivity index (χ2v) is 2.93. The third kappa shape index (κ3) is 1.68. The number of ether oxygens (including phenoxy) is 1. The van der Waals surface area contributed by atoms with Crippen molar-refractivity contribution in [3.8, 4) is 0 Å². The van der Waals surface area contributed by atoms with Gasteiger partial charge in [-0.25, -0.2) is 0 Å². The Kier molecular flexibility index (Phi) is 2.65. The van der Waals surface area contributed by atoms with E-state index in [2.05, 4.69) is 4.74 Å². The minimum atomic E-state index is -1.23. The van der Waals surface area contributed by atoms with Gasteiger partial charge in [0.1, 0.15) is 0 Å². The molecule has 1 rings (SSSR count). The fourth-order valence-corrected chi connectivity index (χ4v) is 1.24. The SMILES string of the molecule is COC(=O)C1C(=O)CCN(C)C1=O. The molecule has 0 N–H and O–H groups in total. The smallest absolute Gasteiger partial charge is 0.325 e. The van der Waals surface area contributed by atoms with Gasteiger partial charge in [-0.15, -0.1) is 0 Å². The average Bonchev–Trinajstić information content (AvgIpc) is 2.12. The van der Waals surface area contributed by atoms with E-state index in [1.54, 1.807) is 7.05 Å². The molecular formula is C8H11NO4. The van der Waals surface area contributed by atoms with Crippen molar-refractivity contribution in [2.24, 2.45) is 5.92 Å². The zero-order chi connectivity index (χ0) is 10.0. The highest BCUT2D eigenvalue weighted by atomic mass is 16.5. The summed E-state index contributed by atoms with van der Waals surface area (Å²) in [6, 6.07) is 0. The summed E-state index contributed by atoms with van der Waals surface area (Å²) in [6.45, 7) is 0.380. The molecule has 0 bridgehead atoms. The van der Waals surface area contributed by atoms with Crippen LogP contribution in [0, 0.1) is 5.92 Å². The number of hydrogen-bond donors (Lipinski definition) is 0. The Balaban J connectivity index is 2.84. The van der Waals surface area contributed by atoms with Crippen molar-refractivity contribution in [2.45, 2.75) is 6.42 Å². The number of methoxy groups -OCH3 is 1. The van der Waals surface area contributed by atoms with Gasteiger partial charge in [-0.05, 0) is 0 Å². The van der Waals surface area contributed by atoms with E-state index in [-0.39, 0.29) is 12.2 Å². The zero-order valence-electron chi connectivity index (χ0n) is 7.57. The number of esters is 1. The Hall–Kier alpha value is -1.39. The summed E-state index contributed by atoms with van der Waals surface area (Å²) in [5.74, 6) is -2.82. The molecule has 1 amide bonds. The van der Waals surface area contributed by atoms with Crippen LogP contribution < -0.4 is 0 Å². The van der Waals surface area contributed by atoms with Crippen molar-refractivity contribution >= 4 is 17.7 Å². The van der Waals surface area contributed by atoms with Crippen molar-refractivity contribution in [3.63, 3.8) is 0 Å². The minimum Gasteiger partial charge on any atom is -0.468 e. The summed E-state index contributed by atoms with van der Waals surface area (Å²) in [7, 11) is 2.72. The number of carbonyl (C=O) groups is 3. The second-order valence-electron chi connectivity index (χ2n) is 2.93. The van der Waals surface area contributed by atoms with Crippen molar-refractivity contribution < 1.29 is 19.1 Å². The molecule has 13 heavy (non-hydrogen) atoms. The summed E-state index contributed by atoms with van der Waals surface area (Å²) in [5, 5.41) is 0. The third-order valence-electron chi connectivity index (χ3n) is 2.08. The summed E-state index contributed by atoms with van der Waals surface area (Å²) < 4.78 is 4.37. The van der Waals surface area contributed by atoms with Gasteiger partial charge in [0.15, 0.2) is 11.7 Å². The molecule has 0 aromatic carbocycles. The van der Waals surface area contributed by atoms with Crippen molar-refractivity contribution in [3.05, 3.63) is 0 Å². The molecule has 1 fully saturated rings. The van der Waals surface area contributed by atoms with Crippen LogP contribution in [-0.4, -0.2) is 43.3 Å². The van der Waals surface area contributed by atoms with Gasteiger partial charge in [-0.2, -0.15) is 0 Å². The number of likely N-dealkylation sites (tertiary alicyclic amines) is 1. The Bertz CT molecular complexity index is 253. The van der Waals surface area contributed by atoms with E-state index in [9.17, 15) is 14.4 Å². The van der Waals surface area contributed by atoms with Crippen LogP contribution in [0.15, 0.2) is 0 Å². The van der Waals surface area contributed by atoms with E-state index >= 15 is 0 Å². The fourth-order valence-electron chi connectivity index (χ4n) is 1.24. The lowest BCUT2D eigenvalue weighted by molar-refractivity contribution is -0.159. The van der Waals surface area contributed by atoms with Crippen LogP contribution in [0.1, 0.15) is 6.42 Å². The molecule has 1 heterocycles. The highest BCUT2D eigenvalue weighted by Gasteiger charge is 2.39. The second kappa shape index (κ2) is 3.55. The van der Waals surface area contributed by atoms with Gasteiger partial charge in [0, 0.05) is 20.0 Å². The van der Waals surface area contributed by atoms with E-state index in [4.69, 9.17) is 0 Å². The van der Waals surface area contributed by atoms with Gasteiger partial charge in [0.05, 0.1) is 7.11 Å². The number of nitrogens with zero attached hydrogens (tertiary/aromatic N) is 1. The number of rotatable bonds is 1. The highest BCUT2D eigenvalue weighted by Crippen LogP contribution is 2.14. The van der Waals surface area contributed by atoms with Gasteiger partial charge in [0.25, 0.3) is 0 Å². The fraction of sp³-hybridized carbons (Fsp3) is 0.625. The van der Waals surface area contributed by atoms with Crippen LogP contribution >= 0.6 is 0 Å². The molecule has 1 aliphatic rings. The molecule has 1 aliphatic heterocycles. The first-order valence-corrected chi connectivity index (χ1v) is 3.93. The Morgan fingerprint density at radius 2 is 2.15 bits per heavy atom. The molecule has 0 aliphatic carbocycles. The molecule has 1 unspecified atom stereocenters. The number of piperidine rings is 1. The van der Waals surface area contributed by atoms with Crippen LogP contribution in [0.2, 0.25) is 0 Å². The van der Waals surface area contributed by atoms with Crippen molar-refractivity contribution in [2.75, 3.05) is 20.7 Å². The van der Waals surface area contributed by atoms with Crippen molar-refractivity contribution in [1.82, 2.24) is 4.90 Å². The maximum absolute atomic E-state index is 11.3. The van der Waals surface area contributed by atoms with Crippen LogP contribution in [0.4, 0.5) is 0 Å². The maximum Gasteiger partial charge on any atom is 0.325 e. The van der Waals surface area contributed by atoms with Gasteiger partial charge in [0.2, 0.25) is 5.91 Å². The van der Waals surface area contributed by atoms with E-state index in [0.29, 0.717) is 6.54 Å².